The van der Waals surface area contributed by atoms with Crippen molar-refractivity contribution in [3.05, 3.63) is 35.0 Å². The normalized spacial score (nSPS) is 16.0. The van der Waals surface area contributed by atoms with Gasteiger partial charge in [-0.25, -0.2) is 0 Å². The number of hydrogen-bond acceptors (Lipinski definition) is 2. The molecule has 1 saturated heterocycles. The van der Waals surface area contributed by atoms with E-state index in [2.05, 4.69) is 4.98 Å². The van der Waals surface area contributed by atoms with Gasteiger partial charge in [-0.15, -0.1) is 0 Å². The molecule has 21 heavy (non-hydrogen) atoms. The number of H-pyrrole nitrogens is 1. The first-order valence-electron chi connectivity index (χ1n) is 7.27. The minimum absolute atomic E-state index is 0.396. The fraction of sp³-hybridized carbons (Fsp3) is 0.375. The number of Topliss-reactive ketones (excluding diaryl/α,β-unsaturated/α-hetero) is 1. The van der Waals surface area contributed by atoms with Gasteiger partial charge in [0.15, 0.2) is 0 Å². The van der Waals surface area contributed by atoms with Crippen molar-refractivity contribution in [2.75, 3.05) is 13.1 Å². The number of amides is 1. The van der Waals surface area contributed by atoms with Crippen LogP contribution in [0.2, 0.25) is 5.02 Å². The summed E-state index contributed by atoms with van der Waals surface area (Å²) in [5.74, 6) is -0.835. The van der Waals surface area contributed by atoms with E-state index >= 15 is 0 Å². The Kier molecular flexibility index (Phi) is 3.97. The van der Waals surface area contributed by atoms with Gasteiger partial charge >= 0.3 is 0 Å². The summed E-state index contributed by atoms with van der Waals surface area (Å²) in [6.45, 7) is 1.36. The zero-order valence-electron chi connectivity index (χ0n) is 11.7. The summed E-state index contributed by atoms with van der Waals surface area (Å²) in [5, 5.41) is 1.34. The van der Waals surface area contributed by atoms with E-state index in [1.54, 1.807) is 29.3 Å². The van der Waals surface area contributed by atoms with Crippen molar-refractivity contribution in [3.8, 4) is 0 Å². The number of carbonyl (C=O) groups excluding carboxylic acids is 2. The highest BCUT2D eigenvalue weighted by atomic mass is 35.5. The van der Waals surface area contributed by atoms with Crippen LogP contribution in [0.25, 0.3) is 10.9 Å². The first kappa shape index (κ1) is 14.1. The minimum Gasteiger partial charge on any atom is -0.360 e. The van der Waals surface area contributed by atoms with Gasteiger partial charge in [-0.1, -0.05) is 30.5 Å². The summed E-state index contributed by atoms with van der Waals surface area (Å²) < 4.78 is 0. The number of nitrogens with zero attached hydrogens (tertiary/aromatic N) is 1. The third-order valence-corrected chi connectivity index (χ3v) is 4.21. The quantitative estimate of drug-likeness (QED) is 0.683. The van der Waals surface area contributed by atoms with Gasteiger partial charge in [-0.2, -0.15) is 0 Å². The van der Waals surface area contributed by atoms with Crippen molar-refractivity contribution < 1.29 is 9.59 Å². The zero-order valence-corrected chi connectivity index (χ0v) is 12.4. The van der Waals surface area contributed by atoms with Crippen LogP contribution < -0.4 is 0 Å². The summed E-state index contributed by atoms with van der Waals surface area (Å²) in [7, 11) is 0. The predicted molar refractivity (Wildman–Crippen MR) is 82.7 cm³/mol. The number of aromatic nitrogens is 1. The Hall–Kier alpha value is -1.81. The summed E-state index contributed by atoms with van der Waals surface area (Å²) >= 11 is 5.93. The molecule has 0 bridgehead atoms. The van der Waals surface area contributed by atoms with Gasteiger partial charge in [-0.05, 0) is 25.0 Å². The van der Waals surface area contributed by atoms with Crippen LogP contribution in [0.5, 0.6) is 0 Å². The van der Waals surface area contributed by atoms with Gasteiger partial charge in [0.2, 0.25) is 0 Å². The molecule has 1 aliphatic rings. The predicted octanol–water partition coefficient (Wildman–Crippen LogP) is 3.41. The minimum atomic E-state index is -0.439. The lowest BCUT2D eigenvalue weighted by molar-refractivity contribution is -0.126. The summed E-state index contributed by atoms with van der Waals surface area (Å²) in [6.07, 6.45) is 5.80. The molecule has 1 N–H and O–H groups in total. The Morgan fingerprint density at radius 1 is 1.10 bits per heavy atom. The lowest BCUT2D eigenvalue weighted by Gasteiger charge is -2.18. The van der Waals surface area contributed by atoms with Crippen LogP contribution in [0.15, 0.2) is 24.4 Å². The third-order valence-electron chi connectivity index (χ3n) is 3.98. The van der Waals surface area contributed by atoms with Crippen LogP contribution in [0.1, 0.15) is 36.0 Å². The number of rotatable bonds is 2. The van der Waals surface area contributed by atoms with Crippen molar-refractivity contribution >= 4 is 34.2 Å². The van der Waals surface area contributed by atoms with E-state index < -0.39 is 11.7 Å². The smallest absolute Gasteiger partial charge is 0.295 e. The van der Waals surface area contributed by atoms with Gasteiger partial charge in [0.05, 0.1) is 5.56 Å². The van der Waals surface area contributed by atoms with Gasteiger partial charge in [0.25, 0.3) is 11.7 Å². The molecule has 0 spiro atoms. The molecule has 5 heteroatoms. The highest BCUT2D eigenvalue weighted by molar-refractivity contribution is 6.45. The van der Waals surface area contributed by atoms with Gasteiger partial charge in [0.1, 0.15) is 0 Å². The number of benzene rings is 1. The molecule has 2 aromatic rings. The van der Waals surface area contributed by atoms with Crippen LogP contribution in [-0.4, -0.2) is 34.7 Å². The molecular weight excluding hydrogens is 288 g/mol. The number of ketones is 1. The lowest BCUT2D eigenvalue weighted by atomic mass is 10.1. The van der Waals surface area contributed by atoms with E-state index in [1.807, 2.05) is 0 Å². The Labute approximate surface area is 128 Å². The summed E-state index contributed by atoms with van der Waals surface area (Å²) in [4.78, 5) is 29.6. The first-order valence-corrected chi connectivity index (χ1v) is 7.65. The number of fused-ring (bicyclic) bond motifs is 1. The Bertz CT molecular complexity index is 685. The molecule has 110 valence electrons. The van der Waals surface area contributed by atoms with Gasteiger partial charge < -0.3 is 9.88 Å². The van der Waals surface area contributed by atoms with Gasteiger partial charge in [-0.3, -0.25) is 9.59 Å². The van der Waals surface area contributed by atoms with E-state index in [4.69, 9.17) is 11.6 Å². The molecule has 4 nitrogen and oxygen atoms in total. The van der Waals surface area contributed by atoms with Crippen molar-refractivity contribution in [1.82, 2.24) is 9.88 Å². The molecule has 0 radical (unpaired) electrons. The molecule has 2 heterocycles. The standard InChI is InChI=1S/C16H17ClN2O2/c17-11-5-6-12-13(10-18-14(12)9-11)15(20)16(21)19-7-3-1-2-4-8-19/h5-6,9-10,18H,1-4,7-8H2. The van der Waals surface area contributed by atoms with Crippen LogP contribution in [-0.2, 0) is 4.79 Å². The third kappa shape index (κ3) is 2.81. The molecular formula is C16H17ClN2O2. The van der Waals surface area contributed by atoms with E-state index in [0.717, 1.165) is 36.6 Å². The molecule has 1 amide bonds. The number of aromatic amines is 1. The highest BCUT2D eigenvalue weighted by Gasteiger charge is 2.25. The molecule has 1 aromatic carbocycles. The Morgan fingerprint density at radius 3 is 2.52 bits per heavy atom. The van der Waals surface area contributed by atoms with Crippen molar-refractivity contribution in [2.24, 2.45) is 0 Å². The maximum Gasteiger partial charge on any atom is 0.295 e. The largest absolute Gasteiger partial charge is 0.360 e. The molecule has 0 saturated carbocycles. The number of hydrogen-bond donors (Lipinski definition) is 1. The maximum atomic E-state index is 12.5. The zero-order chi connectivity index (χ0) is 14.8. The number of likely N-dealkylation sites (tertiary alicyclic amines) is 1. The van der Waals surface area contributed by atoms with E-state index in [-0.39, 0.29) is 0 Å². The summed E-state index contributed by atoms with van der Waals surface area (Å²) in [6, 6.07) is 5.26. The number of carbonyl (C=O) groups is 2. The topological polar surface area (TPSA) is 53.2 Å². The van der Waals surface area contributed by atoms with E-state index in [0.29, 0.717) is 23.7 Å². The Morgan fingerprint density at radius 2 is 1.81 bits per heavy atom. The molecule has 0 atom stereocenters. The maximum absolute atomic E-state index is 12.5. The SMILES string of the molecule is O=C(C(=O)N1CCCCCC1)c1c[nH]c2cc(Cl)ccc12. The van der Waals surface area contributed by atoms with Crippen LogP contribution in [0.4, 0.5) is 0 Å². The van der Waals surface area contributed by atoms with Crippen LogP contribution in [0, 0.1) is 0 Å². The second-order valence-corrected chi connectivity index (χ2v) is 5.86. The molecule has 3 rings (SSSR count). The average molecular weight is 305 g/mol. The van der Waals surface area contributed by atoms with Gasteiger partial charge in [0, 0.05) is 35.2 Å². The Balaban J connectivity index is 1.87. The monoisotopic (exact) mass is 304 g/mol. The number of halogens is 1. The average Bonchev–Trinajstić information content (AvgIpc) is 2.71. The van der Waals surface area contributed by atoms with Crippen LogP contribution >= 0.6 is 11.6 Å². The second-order valence-electron chi connectivity index (χ2n) is 5.43. The van der Waals surface area contributed by atoms with E-state index in [1.165, 1.54) is 0 Å². The first-order chi connectivity index (χ1) is 10.2. The molecule has 0 aliphatic carbocycles. The van der Waals surface area contributed by atoms with Crippen molar-refractivity contribution in [1.29, 1.82) is 0 Å². The molecule has 1 aliphatic heterocycles. The second kappa shape index (κ2) is 5.90. The molecule has 1 fully saturated rings. The van der Waals surface area contributed by atoms with Crippen molar-refractivity contribution in [2.45, 2.75) is 25.7 Å². The summed E-state index contributed by atoms with van der Waals surface area (Å²) in [5.41, 5.74) is 1.20. The van der Waals surface area contributed by atoms with Crippen LogP contribution in [0.3, 0.4) is 0 Å². The molecule has 0 unspecified atom stereocenters. The fourth-order valence-corrected chi connectivity index (χ4v) is 2.99. The number of nitrogens with one attached hydrogen (secondary N) is 1. The van der Waals surface area contributed by atoms with Crippen molar-refractivity contribution in [3.63, 3.8) is 0 Å². The molecule has 1 aromatic heterocycles. The van der Waals surface area contributed by atoms with E-state index in [9.17, 15) is 9.59 Å². The highest BCUT2D eigenvalue weighted by Crippen LogP contribution is 2.23. The fourth-order valence-electron chi connectivity index (χ4n) is 2.82. The lowest BCUT2D eigenvalue weighted by Crippen LogP contribution is -2.37.